The molecule has 0 aromatic carbocycles. The summed E-state index contributed by atoms with van der Waals surface area (Å²) in [6.45, 7) is 8.46. The summed E-state index contributed by atoms with van der Waals surface area (Å²) >= 11 is 1.27. The van der Waals surface area contributed by atoms with Gasteiger partial charge in [0.2, 0.25) is 0 Å². The Bertz CT molecular complexity index is 290. The van der Waals surface area contributed by atoms with E-state index in [-0.39, 0.29) is 0 Å². The molecule has 0 nitrogen and oxygen atoms in total. The van der Waals surface area contributed by atoms with Crippen molar-refractivity contribution in [2.24, 2.45) is 0 Å². The van der Waals surface area contributed by atoms with Crippen molar-refractivity contribution in [3.63, 3.8) is 0 Å². The minimum atomic E-state index is 1.02. The average Bonchev–Trinajstić information content (AvgIpc) is 2.78. The zero-order valence-electron chi connectivity index (χ0n) is 10.7. The van der Waals surface area contributed by atoms with Crippen molar-refractivity contribution in [3.8, 4) is 0 Å². The van der Waals surface area contributed by atoms with Crippen LogP contribution in [0.2, 0.25) is 0 Å². The fraction of sp³-hybridized carbons (Fsp3) is 0.400. The molecule has 0 fully saturated rings. The molecule has 0 saturated heterocycles. The summed E-state index contributed by atoms with van der Waals surface area (Å²) in [6, 6.07) is 0. The van der Waals surface area contributed by atoms with Gasteiger partial charge in [-0.25, -0.2) is 23.3 Å². The summed E-state index contributed by atoms with van der Waals surface area (Å²) in [5, 5.41) is 0. The van der Waals surface area contributed by atoms with E-state index < -0.39 is 0 Å². The van der Waals surface area contributed by atoms with Crippen LogP contribution in [0.25, 0.3) is 0 Å². The van der Waals surface area contributed by atoms with Crippen molar-refractivity contribution in [1.82, 2.24) is 0 Å². The predicted octanol–water partition coefficient (Wildman–Crippen LogP) is 4.14. The van der Waals surface area contributed by atoms with E-state index >= 15 is 0 Å². The molecule has 2 aliphatic rings. The SMILES string of the molecule is CC1=CC[C-]=C1.CC1=CC[C-]=C1.C[C](C)=[Hf+2]. The van der Waals surface area contributed by atoms with Gasteiger partial charge < -0.3 is 0 Å². The van der Waals surface area contributed by atoms with E-state index in [0.717, 1.165) is 12.8 Å². The second kappa shape index (κ2) is 9.89. The Labute approximate surface area is 115 Å². The van der Waals surface area contributed by atoms with Crippen LogP contribution in [0.5, 0.6) is 0 Å². The average molecular weight is 379 g/mol. The first-order valence-electron chi connectivity index (χ1n) is 5.51. The van der Waals surface area contributed by atoms with E-state index in [9.17, 15) is 0 Å². The molecule has 0 amide bonds. The Morgan fingerprint density at radius 1 is 1.00 bits per heavy atom. The first kappa shape index (κ1) is 15.7. The van der Waals surface area contributed by atoms with Crippen molar-refractivity contribution in [2.75, 3.05) is 0 Å². The molecule has 0 unspecified atom stereocenters. The van der Waals surface area contributed by atoms with Crippen LogP contribution in [-0.4, -0.2) is 3.26 Å². The minimum absolute atomic E-state index is 1.02. The fourth-order valence-corrected chi connectivity index (χ4v) is 0.998. The zero-order valence-corrected chi connectivity index (χ0v) is 14.3. The van der Waals surface area contributed by atoms with Crippen LogP contribution in [0, 0.1) is 12.2 Å². The maximum atomic E-state index is 3.05. The number of hydrogen-bond donors (Lipinski definition) is 0. The Kier molecular flexibility index (Phi) is 9.71. The van der Waals surface area contributed by atoms with Crippen LogP contribution in [0.4, 0.5) is 0 Å². The zero-order chi connectivity index (χ0) is 12.4. The van der Waals surface area contributed by atoms with Crippen molar-refractivity contribution in [1.29, 1.82) is 0 Å². The summed E-state index contributed by atoms with van der Waals surface area (Å²) in [6.07, 6.45) is 16.5. The van der Waals surface area contributed by atoms with E-state index in [2.05, 4.69) is 52.0 Å². The molecule has 0 aromatic heterocycles. The van der Waals surface area contributed by atoms with Gasteiger partial charge in [-0.2, -0.15) is 12.2 Å². The molecule has 0 aliphatic heterocycles. The molecule has 1 heteroatoms. The molecule has 0 bridgehead atoms. The van der Waals surface area contributed by atoms with Crippen molar-refractivity contribution in [3.05, 3.63) is 47.6 Å². The topological polar surface area (TPSA) is 0 Å². The third-order valence-corrected chi connectivity index (χ3v) is 1.74. The van der Waals surface area contributed by atoms with Gasteiger partial charge in [0.15, 0.2) is 0 Å². The molecule has 0 spiro atoms. The molecule has 16 heavy (non-hydrogen) atoms. The first-order chi connectivity index (χ1) is 7.52. The molecular formula is C15H20Hf. The van der Waals surface area contributed by atoms with Gasteiger partial charge >= 0.3 is 41.0 Å². The number of hydrogen-bond acceptors (Lipinski definition) is 0. The van der Waals surface area contributed by atoms with Gasteiger partial charge in [-0.05, 0) is 0 Å². The van der Waals surface area contributed by atoms with Crippen LogP contribution >= 0.6 is 0 Å². The van der Waals surface area contributed by atoms with E-state index in [1.165, 1.54) is 35.0 Å². The van der Waals surface area contributed by atoms with Crippen LogP contribution in [0.15, 0.2) is 35.5 Å². The summed E-state index contributed by atoms with van der Waals surface area (Å²) in [5.74, 6) is 0. The van der Waals surface area contributed by atoms with Crippen molar-refractivity contribution < 1.29 is 23.9 Å². The molecule has 2 rings (SSSR count). The molecule has 2 aliphatic carbocycles. The second-order valence-corrected chi connectivity index (χ2v) is 7.59. The van der Waals surface area contributed by atoms with Crippen LogP contribution in [-0.2, 0) is 23.9 Å². The summed E-state index contributed by atoms with van der Waals surface area (Å²) < 4.78 is 1.56. The van der Waals surface area contributed by atoms with Crippen LogP contribution in [0.3, 0.4) is 0 Å². The van der Waals surface area contributed by atoms with E-state index in [4.69, 9.17) is 0 Å². The van der Waals surface area contributed by atoms with Gasteiger partial charge in [0.1, 0.15) is 0 Å². The second-order valence-electron chi connectivity index (χ2n) is 4.00. The summed E-state index contributed by atoms with van der Waals surface area (Å²) in [5.41, 5.74) is 2.69. The van der Waals surface area contributed by atoms with Gasteiger partial charge in [0.25, 0.3) is 0 Å². The Hall–Kier alpha value is -0.300. The third-order valence-electron chi connectivity index (χ3n) is 1.74. The van der Waals surface area contributed by atoms with E-state index in [1.54, 1.807) is 3.26 Å². The van der Waals surface area contributed by atoms with Crippen molar-refractivity contribution >= 4 is 3.26 Å². The normalized spacial score (nSPS) is 15.6. The Balaban J connectivity index is 0.000000217. The van der Waals surface area contributed by atoms with Gasteiger partial charge in [-0.1, -0.05) is 0 Å². The monoisotopic (exact) mass is 380 g/mol. The summed E-state index contributed by atoms with van der Waals surface area (Å²) in [4.78, 5) is 0. The fourth-order valence-electron chi connectivity index (χ4n) is 0.998. The molecule has 0 N–H and O–H groups in total. The molecule has 84 valence electrons. The quantitative estimate of drug-likeness (QED) is 0.439. The third kappa shape index (κ3) is 11.8. The molecule has 0 aromatic rings. The maximum absolute atomic E-state index is 3.05. The van der Waals surface area contributed by atoms with Gasteiger partial charge in [0, 0.05) is 0 Å². The molecule has 0 radical (unpaired) electrons. The molecular weight excluding hydrogens is 359 g/mol. The standard InChI is InChI=1S/2C6H7.C3H6.Hf/c2*1-6-4-2-3-5-6;1-3-2;/h2*4-5H,2H2,1H3;1-2H3;/q2*-1;;+2. The molecule has 0 atom stereocenters. The molecule has 0 heterocycles. The summed E-state index contributed by atoms with van der Waals surface area (Å²) in [7, 11) is 0. The van der Waals surface area contributed by atoms with E-state index in [1.807, 2.05) is 12.2 Å². The first-order valence-corrected chi connectivity index (χ1v) is 7.30. The predicted molar refractivity (Wildman–Crippen MR) is 68.7 cm³/mol. The molecule has 0 saturated carbocycles. The van der Waals surface area contributed by atoms with E-state index in [0.29, 0.717) is 0 Å². The van der Waals surface area contributed by atoms with Crippen LogP contribution < -0.4 is 0 Å². The van der Waals surface area contributed by atoms with Gasteiger partial charge in [0.05, 0.1) is 0 Å². The van der Waals surface area contributed by atoms with Crippen molar-refractivity contribution in [2.45, 2.75) is 40.5 Å². The Morgan fingerprint density at radius 3 is 1.38 bits per heavy atom. The van der Waals surface area contributed by atoms with Crippen LogP contribution in [0.1, 0.15) is 40.5 Å². The number of allylic oxidation sites excluding steroid dienone is 8. The Morgan fingerprint density at radius 2 is 1.31 bits per heavy atom. The van der Waals surface area contributed by atoms with Gasteiger partial charge in [-0.15, -0.1) is 26.7 Å². The number of rotatable bonds is 0. The van der Waals surface area contributed by atoms with Gasteiger partial charge in [-0.3, -0.25) is 12.2 Å².